The number of benzene rings is 2. The Kier molecular flexibility index (Phi) is 3.45. The molecule has 0 fully saturated rings. The van der Waals surface area contributed by atoms with Gasteiger partial charge in [-0.3, -0.25) is 0 Å². The Morgan fingerprint density at radius 2 is 1.96 bits per heavy atom. The number of nitrogens with one attached hydrogen (secondary N) is 1. The highest BCUT2D eigenvalue weighted by molar-refractivity contribution is 7.19. The van der Waals surface area contributed by atoms with E-state index in [1.54, 1.807) is 6.33 Å². The average Bonchev–Trinajstić information content (AvgIpc) is 3.00. The van der Waals surface area contributed by atoms with Gasteiger partial charge in [-0.1, -0.05) is 43.3 Å². The van der Waals surface area contributed by atoms with Crippen LogP contribution in [0.3, 0.4) is 0 Å². The van der Waals surface area contributed by atoms with E-state index >= 15 is 0 Å². The van der Waals surface area contributed by atoms with Crippen molar-refractivity contribution >= 4 is 43.8 Å². The lowest BCUT2D eigenvalue weighted by Gasteiger charge is -2.18. The van der Waals surface area contributed by atoms with Gasteiger partial charge in [-0.15, -0.1) is 11.3 Å². The molecule has 25 heavy (non-hydrogen) atoms. The zero-order valence-electron chi connectivity index (χ0n) is 14.1. The number of nitrogens with zero attached hydrogens (tertiary/aromatic N) is 2. The maximum Gasteiger partial charge on any atom is 0.142 e. The largest absolute Gasteiger partial charge is 0.339 e. The quantitative estimate of drug-likeness (QED) is 0.505. The van der Waals surface area contributed by atoms with E-state index in [1.165, 1.54) is 39.4 Å². The summed E-state index contributed by atoms with van der Waals surface area (Å²) in [6.07, 6.45) is 5.24. The Morgan fingerprint density at radius 1 is 1.08 bits per heavy atom. The van der Waals surface area contributed by atoms with Crippen LogP contribution in [0.15, 0.2) is 48.8 Å². The van der Waals surface area contributed by atoms with Crippen molar-refractivity contribution < 1.29 is 0 Å². The molecular formula is C21H19N3S. The Labute approximate surface area is 150 Å². The van der Waals surface area contributed by atoms with Crippen molar-refractivity contribution in [1.29, 1.82) is 0 Å². The van der Waals surface area contributed by atoms with Gasteiger partial charge in [0.2, 0.25) is 0 Å². The second-order valence-electron chi connectivity index (χ2n) is 6.91. The number of hydrogen-bond acceptors (Lipinski definition) is 4. The third-order valence-corrected chi connectivity index (χ3v) is 6.30. The van der Waals surface area contributed by atoms with Crippen LogP contribution < -0.4 is 5.32 Å². The number of fused-ring (bicyclic) bond motifs is 4. The summed E-state index contributed by atoms with van der Waals surface area (Å²) < 4.78 is 0. The van der Waals surface area contributed by atoms with Crippen molar-refractivity contribution in [2.75, 3.05) is 5.32 Å². The normalized spacial score (nSPS) is 16.9. The molecule has 0 saturated heterocycles. The molecule has 1 N–H and O–H groups in total. The van der Waals surface area contributed by atoms with E-state index in [2.05, 4.69) is 64.7 Å². The minimum absolute atomic E-state index is 0.767. The molecule has 1 aliphatic carbocycles. The summed E-state index contributed by atoms with van der Waals surface area (Å²) in [6, 6.07) is 14.8. The van der Waals surface area contributed by atoms with E-state index < -0.39 is 0 Å². The first-order chi connectivity index (χ1) is 12.3. The second-order valence-corrected chi connectivity index (χ2v) is 7.99. The van der Waals surface area contributed by atoms with Crippen molar-refractivity contribution in [2.45, 2.75) is 26.2 Å². The van der Waals surface area contributed by atoms with E-state index in [0.717, 1.165) is 28.7 Å². The first-order valence-electron chi connectivity index (χ1n) is 8.79. The molecule has 4 aromatic rings. The molecule has 0 bridgehead atoms. The van der Waals surface area contributed by atoms with Crippen molar-refractivity contribution in [3.05, 3.63) is 59.2 Å². The summed E-state index contributed by atoms with van der Waals surface area (Å²) in [5, 5.41) is 7.27. The van der Waals surface area contributed by atoms with Crippen LogP contribution in [0.2, 0.25) is 0 Å². The monoisotopic (exact) mass is 345 g/mol. The standard InChI is InChI=1S/C21H19N3S/c1-13-9-10-16-18(11-13)25-21-19(16)20(22-12-23-21)24-17-8-4-6-14-5-2-3-7-15(14)17/h2-8,12-13H,9-11H2,1H3,(H,22,23,24). The van der Waals surface area contributed by atoms with Crippen LogP contribution in [0.25, 0.3) is 21.0 Å². The van der Waals surface area contributed by atoms with E-state index in [-0.39, 0.29) is 0 Å². The lowest BCUT2D eigenvalue weighted by atomic mass is 9.89. The van der Waals surface area contributed by atoms with Crippen molar-refractivity contribution in [1.82, 2.24) is 9.97 Å². The molecule has 2 aromatic heterocycles. The highest BCUT2D eigenvalue weighted by Crippen LogP contribution is 2.40. The topological polar surface area (TPSA) is 37.8 Å². The molecule has 0 radical (unpaired) electrons. The number of hydrogen-bond donors (Lipinski definition) is 1. The van der Waals surface area contributed by atoms with E-state index in [9.17, 15) is 0 Å². The zero-order valence-corrected chi connectivity index (χ0v) is 14.9. The van der Waals surface area contributed by atoms with Gasteiger partial charge in [0.25, 0.3) is 0 Å². The molecule has 1 aliphatic rings. The van der Waals surface area contributed by atoms with Gasteiger partial charge in [-0.25, -0.2) is 9.97 Å². The van der Waals surface area contributed by atoms with E-state index in [4.69, 9.17) is 0 Å². The van der Waals surface area contributed by atoms with Crippen LogP contribution in [0.5, 0.6) is 0 Å². The summed E-state index contributed by atoms with van der Waals surface area (Å²) in [6.45, 7) is 2.34. The molecule has 1 unspecified atom stereocenters. The molecule has 2 heterocycles. The minimum atomic E-state index is 0.767. The van der Waals surface area contributed by atoms with Crippen LogP contribution in [0.4, 0.5) is 11.5 Å². The number of aromatic nitrogens is 2. The molecular weight excluding hydrogens is 326 g/mol. The predicted molar refractivity (Wildman–Crippen MR) is 106 cm³/mol. The third-order valence-electron chi connectivity index (χ3n) is 5.13. The minimum Gasteiger partial charge on any atom is -0.339 e. The van der Waals surface area contributed by atoms with Gasteiger partial charge in [0, 0.05) is 16.0 Å². The summed E-state index contributed by atoms with van der Waals surface area (Å²) in [7, 11) is 0. The molecule has 2 aromatic carbocycles. The zero-order chi connectivity index (χ0) is 16.8. The molecule has 0 aliphatic heterocycles. The van der Waals surface area contributed by atoms with Gasteiger partial charge < -0.3 is 5.32 Å². The molecule has 0 saturated carbocycles. The van der Waals surface area contributed by atoms with Crippen LogP contribution >= 0.6 is 11.3 Å². The highest BCUT2D eigenvalue weighted by Gasteiger charge is 2.23. The fourth-order valence-electron chi connectivity index (χ4n) is 3.83. The molecule has 3 nitrogen and oxygen atoms in total. The fourth-order valence-corrected chi connectivity index (χ4v) is 5.18. The van der Waals surface area contributed by atoms with Gasteiger partial charge in [0.15, 0.2) is 0 Å². The van der Waals surface area contributed by atoms with Crippen molar-refractivity contribution in [3.63, 3.8) is 0 Å². The average molecular weight is 345 g/mol. The smallest absolute Gasteiger partial charge is 0.142 e. The van der Waals surface area contributed by atoms with Crippen LogP contribution in [0, 0.1) is 5.92 Å². The molecule has 0 amide bonds. The van der Waals surface area contributed by atoms with Crippen molar-refractivity contribution in [3.8, 4) is 0 Å². The maximum atomic E-state index is 4.59. The second kappa shape index (κ2) is 5.81. The summed E-state index contributed by atoms with van der Waals surface area (Å²) in [4.78, 5) is 11.7. The summed E-state index contributed by atoms with van der Waals surface area (Å²) in [5.41, 5.74) is 2.56. The predicted octanol–water partition coefficient (Wildman–Crippen LogP) is 5.71. The van der Waals surface area contributed by atoms with Gasteiger partial charge in [0.1, 0.15) is 17.0 Å². The van der Waals surface area contributed by atoms with Crippen LogP contribution in [-0.2, 0) is 12.8 Å². The number of aryl methyl sites for hydroxylation is 1. The Balaban J connectivity index is 1.66. The number of anilines is 2. The van der Waals surface area contributed by atoms with Crippen LogP contribution in [0.1, 0.15) is 23.8 Å². The Hall–Kier alpha value is -2.46. The van der Waals surface area contributed by atoms with E-state index in [0.29, 0.717) is 0 Å². The molecule has 124 valence electrons. The molecule has 5 rings (SSSR count). The summed E-state index contributed by atoms with van der Waals surface area (Å²) in [5.74, 6) is 1.71. The van der Waals surface area contributed by atoms with Gasteiger partial charge >= 0.3 is 0 Å². The van der Waals surface area contributed by atoms with Gasteiger partial charge in [-0.2, -0.15) is 0 Å². The van der Waals surface area contributed by atoms with Gasteiger partial charge in [-0.05, 0) is 42.2 Å². The van der Waals surface area contributed by atoms with Crippen molar-refractivity contribution in [2.24, 2.45) is 5.92 Å². The first-order valence-corrected chi connectivity index (χ1v) is 9.61. The lowest BCUT2D eigenvalue weighted by molar-refractivity contribution is 0.509. The Bertz CT molecular complexity index is 1080. The first kappa shape index (κ1) is 14.8. The third kappa shape index (κ3) is 2.48. The number of thiophene rings is 1. The van der Waals surface area contributed by atoms with Gasteiger partial charge in [0.05, 0.1) is 5.39 Å². The van der Waals surface area contributed by atoms with Crippen LogP contribution in [-0.4, -0.2) is 9.97 Å². The number of rotatable bonds is 2. The fraction of sp³-hybridized carbons (Fsp3) is 0.238. The highest BCUT2D eigenvalue weighted by atomic mass is 32.1. The molecule has 0 spiro atoms. The van der Waals surface area contributed by atoms with E-state index in [1.807, 2.05) is 11.3 Å². The Morgan fingerprint density at radius 3 is 2.92 bits per heavy atom. The maximum absolute atomic E-state index is 4.59. The SMILES string of the molecule is CC1CCc2c(sc3ncnc(Nc4cccc5ccccc45)c23)C1. The summed E-state index contributed by atoms with van der Waals surface area (Å²) >= 11 is 1.84. The molecule has 4 heteroatoms. The lowest BCUT2D eigenvalue weighted by Crippen LogP contribution is -2.09. The molecule has 1 atom stereocenters.